The van der Waals surface area contributed by atoms with E-state index in [1.807, 2.05) is 49.6 Å². The number of carbonyl (C=O) groups excluding carboxylic acids is 3. The number of fused-ring (bicyclic) bond motifs is 3. The zero-order chi connectivity index (χ0) is 32.6. The first-order valence-corrected chi connectivity index (χ1v) is 16.2. The maximum Gasteiger partial charge on any atom is 0.251 e. The number of ether oxygens (including phenoxy) is 2. The molecule has 242 valence electrons. The van der Waals surface area contributed by atoms with Gasteiger partial charge in [0.1, 0.15) is 23.3 Å². The Morgan fingerprint density at radius 3 is 2.67 bits per heavy atom. The topological polar surface area (TPSA) is 141 Å². The number of rotatable bonds is 5. The maximum absolute atomic E-state index is 13.6. The van der Waals surface area contributed by atoms with Crippen LogP contribution in [0.25, 0.3) is 10.6 Å². The highest BCUT2D eigenvalue weighted by atomic mass is 32.1. The number of methoxy groups -OCH3 is 1. The van der Waals surface area contributed by atoms with Crippen molar-refractivity contribution in [1.29, 1.82) is 0 Å². The van der Waals surface area contributed by atoms with Crippen molar-refractivity contribution >= 4 is 29.1 Å². The lowest BCUT2D eigenvalue weighted by Gasteiger charge is -2.26. The van der Waals surface area contributed by atoms with E-state index in [0.717, 1.165) is 10.6 Å². The highest BCUT2D eigenvalue weighted by molar-refractivity contribution is 7.13. The van der Waals surface area contributed by atoms with Gasteiger partial charge in [-0.3, -0.25) is 14.4 Å². The predicted octanol–water partition coefficient (Wildman–Crippen LogP) is 3.82. The number of nitrogens with zero attached hydrogens (tertiary/aromatic N) is 5. The molecule has 0 fully saturated rings. The van der Waals surface area contributed by atoms with Crippen LogP contribution in [0.5, 0.6) is 11.5 Å². The summed E-state index contributed by atoms with van der Waals surface area (Å²) in [6.07, 6.45) is 0.496. The number of nitrogens with one attached hydrogen (secondary N) is 2. The van der Waals surface area contributed by atoms with E-state index in [0.29, 0.717) is 53.9 Å². The molecule has 0 saturated carbocycles. The smallest absolute Gasteiger partial charge is 0.251 e. The Hall–Kier alpha value is -4.78. The highest BCUT2D eigenvalue weighted by Crippen LogP contribution is 2.29. The number of amides is 3. The first-order valence-electron chi connectivity index (χ1n) is 15.3. The summed E-state index contributed by atoms with van der Waals surface area (Å²) < 4.78 is 13.2. The molecule has 13 heteroatoms. The molecule has 0 aliphatic carbocycles. The van der Waals surface area contributed by atoms with Gasteiger partial charge in [0.2, 0.25) is 11.8 Å². The summed E-state index contributed by atoms with van der Waals surface area (Å²) in [7, 11) is 1.54. The summed E-state index contributed by atoms with van der Waals surface area (Å²) in [5.41, 5.74) is 2.04. The predicted molar refractivity (Wildman–Crippen MR) is 174 cm³/mol. The third kappa shape index (κ3) is 8.08. The summed E-state index contributed by atoms with van der Waals surface area (Å²) in [5.74, 6) is 1.25. The second kappa shape index (κ2) is 15.0. The van der Waals surface area contributed by atoms with Crippen LogP contribution in [0, 0.1) is 12.8 Å². The lowest BCUT2D eigenvalue weighted by atomic mass is 10.0. The Balaban J connectivity index is 1.39. The second-order valence-corrected chi connectivity index (χ2v) is 12.2. The lowest BCUT2D eigenvalue weighted by Crippen LogP contribution is -2.44. The molecule has 4 aromatic rings. The van der Waals surface area contributed by atoms with Gasteiger partial charge in [-0.15, -0.1) is 11.3 Å². The molecule has 2 bridgehead atoms. The van der Waals surface area contributed by atoms with Gasteiger partial charge in [-0.1, -0.05) is 44.2 Å². The second-order valence-electron chi connectivity index (χ2n) is 11.4. The lowest BCUT2D eigenvalue weighted by molar-refractivity contribution is -0.136. The zero-order valence-corrected chi connectivity index (χ0v) is 27.3. The third-order valence-electron chi connectivity index (χ3n) is 7.54. The van der Waals surface area contributed by atoms with E-state index in [1.165, 1.54) is 16.2 Å². The minimum Gasteiger partial charge on any atom is -0.493 e. The molecule has 5 rings (SSSR count). The summed E-state index contributed by atoms with van der Waals surface area (Å²) in [5, 5.41) is 13.3. The molecular weight excluding hydrogens is 606 g/mol. The van der Waals surface area contributed by atoms with Crippen molar-refractivity contribution in [2.24, 2.45) is 5.92 Å². The van der Waals surface area contributed by atoms with Crippen molar-refractivity contribution in [3.63, 3.8) is 0 Å². The fraction of sp³-hybridized carbons (Fsp3) is 0.394. The Bertz CT molecular complexity index is 1670. The monoisotopic (exact) mass is 645 g/mol. The van der Waals surface area contributed by atoms with E-state index in [2.05, 4.69) is 25.7 Å². The van der Waals surface area contributed by atoms with Crippen LogP contribution < -0.4 is 20.1 Å². The van der Waals surface area contributed by atoms with Gasteiger partial charge in [0.15, 0.2) is 11.5 Å². The minimum atomic E-state index is -0.450. The van der Waals surface area contributed by atoms with Crippen LogP contribution in [0.15, 0.2) is 53.9 Å². The molecule has 0 unspecified atom stereocenters. The first-order chi connectivity index (χ1) is 22.2. The first kappa shape index (κ1) is 32.6. The number of carbonyl (C=O) groups is 3. The van der Waals surface area contributed by atoms with Crippen molar-refractivity contribution in [2.45, 2.75) is 46.2 Å². The minimum absolute atomic E-state index is 0.0135. The van der Waals surface area contributed by atoms with E-state index in [1.54, 1.807) is 36.9 Å². The van der Waals surface area contributed by atoms with Crippen molar-refractivity contribution in [3.8, 4) is 22.1 Å². The summed E-state index contributed by atoms with van der Waals surface area (Å²) in [4.78, 5) is 50.9. The number of aromatic nitrogens is 4. The van der Waals surface area contributed by atoms with Crippen LogP contribution in [-0.2, 0) is 22.6 Å². The number of benzene rings is 2. The highest BCUT2D eigenvalue weighted by Gasteiger charge is 2.27. The van der Waals surface area contributed by atoms with Gasteiger partial charge >= 0.3 is 0 Å². The average molecular weight is 646 g/mol. The summed E-state index contributed by atoms with van der Waals surface area (Å²) >= 11 is 1.47. The normalized spacial score (nSPS) is 16.5. The Morgan fingerprint density at radius 2 is 1.91 bits per heavy atom. The Labute approximate surface area is 272 Å². The van der Waals surface area contributed by atoms with Crippen LogP contribution in [0.4, 0.5) is 0 Å². The van der Waals surface area contributed by atoms with Crippen LogP contribution in [0.3, 0.4) is 0 Å². The van der Waals surface area contributed by atoms with Crippen LogP contribution in [-0.4, -0.2) is 75.7 Å². The Morgan fingerprint density at radius 1 is 1.11 bits per heavy atom. The van der Waals surface area contributed by atoms with Gasteiger partial charge in [0.05, 0.1) is 38.4 Å². The van der Waals surface area contributed by atoms with E-state index in [4.69, 9.17) is 9.47 Å². The SMILES string of the molecule is COc1ccc2cc1OCCn1nc(C)nc1[C@H](C(C)C)NC(=O)CN(C(=O)Cc1csc(-c3ccccc3)n1)CCCNC2=O. The van der Waals surface area contributed by atoms with E-state index in [9.17, 15) is 14.4 Å². The van der Waals surface area contributed by atoms with E-state index in [-0.39, 0.29) is 49.8 Å². The number of hydrogen-bond donors (Lipinski definition) is 2. The van der Waals surface area contributed by atoms with Gasteiger partial charge < -0.3 is 25.0 Å². The van der Waals surface area contributed by atoms with Gasteiger partial charge in [0, 0.05) is 29.6 Å². The van der Waals surface area contributed by atoms with Crippen molar-refractivity contribution in [3.05, 3.63) is 76.8 Å². The summed E-state index contributed by atoms with van der Waals surface area (Å²) in [6, 6.07) is 14.4. The molecule has 3 heterocycles. The molecule has 0 spiro atoms. The number of thiazole rings is 1. The van der Waals surface area contributed by atoms with E-state index >= 15 is 0 Å². The van der Waals surface area contributed by atoms with Crippen LogP contribution in [0.1, 0.15) is 54.0 Å². The van der Waals surface area contributed by atoms with Crippen molar-refractivity contribution in [1.82, 2.24) is 35.3 Å². The van der Waals surface area contributed by atoms with Gasteiger partial charge in [-0.2, -0.15) is 5.10 Å². The molecule has 2 N–H and O–H groups in total. The fourth-order valence-corrected chi connectivity index (χ4v) is 6.02. The Kier molecular flexibility index (Phi) is 10.6. The quantitative estimate of drug-likeness (QED) is 0.334. The summed E-state index contributed by atoms with van der Waals surface area (Å²) in [6.45, 7) is 6.78. The van der Waals surface area contributed by atoms with Crippen LogP contribution in [0.2, 0.25) is 0 Å². The standard InChI is InChI=1S/C33H39N7O5S/c1-21(2)30-31-35-22(3)38-40(31)15-16-45-27-17-24(11-12-26(27)44-4)32(43)34-13-8-14-39(19-28(41)37-30)29(42)18-25-20-46-33(36-25)23-9-6-5-7-10-23/h5-7,9-12,17,20-21,30H,8,13-16,18-19H2,1-4H3,(H,34,43)(H,37,41)/t30-/m0/s1. The van der Waals surface area contributed by atoms with E-state index < -0.39 is 6.04 Å². The molecule has 0 radical (unpaired) electrons. The molecule has 46 heavy (non-hydrogen) atoms. The molecule has 0 saturated heterocycles. The van der Waals surface area contributed by atoms with Crippen molar-refractivity contribution < 1.29 is 23.9 Å². The fourth-order valence-electron chi connectivity index (χ4n) is 5.20. The van der Waals surface area contributed by atoms with Gasteiger partial charge in [0.25, 0.3) is 5.91 Å². The molecular formula is C33H39N7O5S. The molecule has 2 aromatic carbocycles. The molecule has 1 atom stereocenters. The van der Waals surface area contributed by atoms with Crippen molar-refractivity contribution in [2.75, 3.05) is 33.4 Å². The molecule has 3 amide bonds. The van der Waals surface area contributed by atoms with Gasteiger partial charge in [-0.25, -0.2) is 14.6 Å². The largest absolute Gasteiger partial charge is 0.493 e. The molecule has 12 nitrogen and oxygen atoms in total. The maximum atomic E-state index is 13.6. The average Bonchev–Trinajstić information content (AvgIpc) is 3.66. The molecule has 2 aromatic heterocycles. The number of hydrogen-bond acceptors (Lipinski definition) is 9. The third-order valence-corrected chi connectivity index (χ3v) is 8.48. The zero-order valence-electron chi connectivity index (χ0n) is 26.5. The number of aryl methyl sites for hydroxylation is 1. The molecule has 1 aliphatic heterocycles. The van der Waals surface area contributed by atoms with Crippen LogP contribution >= 0.6 is 11.3 Å². The van der Waals surface area contributed by atoms with Gasteiger partial charge in [-0.05, 0) is 37.5 Å². The molecule has 1 aliphatic rings.